The molecule has 5 rings (SSSR count). The molecule has 5 heteroatoms. The van der Waals surface area contributed by atoms with Gasteiger partial charge in [0.2, 0.25) is 0 Å². The van der Waals surface area contributed by atoms with Crippen molar-refractivity contribution in [1.82, 2.24) is 19.1 Å². The molecule has 34 heavy (non-hydrogen) atoms. The molecule has 3 aromatic carbocycles. The van der Waals surface area contributed by atoms with E-state index in [1.165, 1.54) is 65.6 Å². The highest BCUT2D eigenvalue weighted by molar-refractivity contribution is 9.10. The third-order valence-electron chi connectivity index (χ3n) is 7.60. The Morgan fingerprint density at radius 3 is 1.38 bits per heavy atom. The molecule has 0 aliphatic heterocycles. The molecule has 2 heterocycles. The zero-order valence-electron chi connectivity index (χ0n) is 21.0. The minimum atomic E-state index is 0.797. The lowest BCUT2D eigenvalue weighted by atomic mass is 9.93. The summed E-state index contributed by atoms with van der Waals surface area (Å²) in [7, 11) is 0. The van der Waals surface area contributed by atoms with Crippen LogP contribution in [0.15, 0.2) is 41.4 Å². The fourth-order valence-electron chi connectivity index (χ4n) is 4.98. The van der Waals surface area contributed by atoms with Gasteiger partial charge in [-0.25, -0.2) is 9.97 Å². The fraction of sp³-hybridized carbons (Fsp3) is 0.310. The number of benzene rings is 3. The molecule has 0 bridgehead atoms. The van der Waals surface area contributed by atoms with Crippen LogP contribution in [-0.4, -0.2) is 19.1 Å². The third kappa shape index (κ3) is 3.67. The van der Waals surface area contributed by atoms with E-state index in [0.29, 0.717) is 0 Å². The maximum atomic E-state index is 4.69. The van der Waals surface area contributed by atoms with Crippen LogP contribution in [-0.2, 0) is 13.1 Å². The number of fused-ring (bicyclic) bond motifs is 2. The van der Waals surface area contributed by atoms with Crippen molar-refractivity contribution in [2.45, 2.75) is 61.6 Å². The Labute approximate surface area is 209 Å². The molecule has 0 spiro atoms. The van der Waals surface area contributed by atoms with E-state index in [-0.39, 0.29) is 0 Å². The lowest BCUT2D eigenvalue weighted by molar-refractivity contribution is 0.781. The SMILES string of the molecule is Cc1cc2ncn(Cc3c(C)c(Br)c(C)c(Cn4cnc5cc(C)c(C)cc54)c3C)c2cc1C. The van der Waals surface area contributed by atoms with Crippen molar-refractivity contribution in [3.8, 4) is 0 Å². The molecule has 0 unspecified atom stereocenters. The van der Waals surface area contributed by atoms with Crippen LogP contribution >= 0.6 is 15.9 Å². The summed E-state index contributed by atoms with van der Waals surface area (Å²) in [5.74, 6) is 0. The van der Waals surface area contributed by atoms with Crippen molar-refractivity contribution in [1.29, 1.82) is 0 Å². The molecule has 5 aromatic rings. The summed E-state index contributed by atoms with van der Waals surface area (Å²) in [5.41, 5.74) is 16.3. The summed E-state index contributed by atoms with van der Waals surface area (Å²) < 4.78 is 5.75. The van der Waals surface area contributed by atoms with Gasteiger partial charge in [-0.2, -0.15) is 0 Å². The predicted octanol–water partition coefficient (Wildman–Crippen LogP) is 7.40. The van der Waals surface area contributed by atoms with Crippen LogP contribution in [0.25, 0.3) is 22.1 Å². The maximum absolute atomic E-state index is 4.69. The zero-order chi connectivity index (χ0) is 24.3. The third-order valence-corrected chi connectivity index (χ3v) is 8.79. The Kier molecular flexibility index (Phi) is 5.64. The highest BCUT2D eigenvalue weighted by atomic mass is 79.9. The number of hydrogen-bond acceptors (Lipinski definition) is 2. The average molecular weight is 515 g/mol. The predicted molar refractivity (Wildman–Crippen MR) is 145 cm³/mol. The summed E-state index contributed by atoms with van der Waals surface area (Å²) in [4.78, 5) is 9.38. The Morgan fingerprint density at radius 1 is 0.588 bits per heavy atom. The average Bonchev–Trinajstić information content (AvgIpc) is 3.37. The molecule has 2 aromatic heterocycles. The zero-order valence-corrected chi connectivity index (χ0v) is 22.6. The Balaban J connectivity index is 1.61. The lowest BCUT2D eigenvalue weighted by Gasteiger charge is -2.21. The lowest BCUT2D eigenvalue weighted by Crippen LogP contribution is -2.10. The Hall–Kier alpha value is -2.92. The van der Waals surface area contributed by atoms with Gasteiger partial charge in [0.15, 0.2) is 0 Å². The first-order valence-corrected chi connectivity index (χ1v) is 12.6. The topological polar surface area (TPSA) is 35.6 Å². The molecule has 0 N–H and O–H groups in total. The van der Waals surface area contributed by atoms with Crippen LogP contribution in [0, 0.1) is 48.5 Å². The van der Waals surface area contributed by atoms with Crippen LogP contribution < -0.4 is 0 Å². The number of imidazole rings is 2. The molecule has 174 valence electrons. The van der Waals surface area contributed by atoms with Gasteiger partial charge < -0.3 is 9.13 Å². The Bertz CT molecular complexity index is 1470. The van der Waals surface area contributed by atoms with Gasteiger partial charge in [-0.15, -0.1) is 0 Å². The van der Waals surface area contributed by atoms with E-state index in [1.54, 1.807) is 0 Å². The van der Waals surface area contributed by atoms with E-state index < -0.39 is 0 Å². The number of aryl methyl sites for hydroxylation is 4. The summed E-state index contributed by atoms with van der Waals surface area (Å²) in [6, 6.07) is 8.89. The summed E-state index contributed by atoms with van der Waals surface area (Å²) in [6.45, 7) is 16.9. The molecule has 0 atom stereocenters. The second-order valence-electron chi connectivity index (χ2n) is 9.74. The van der Waals surface area contributed by atoms with Crippen molar-refractivity contribution in [2.24, 2.45) is 0 Å². The second kappa shape index (κ2) is 8.38. The number of rotatable bonds is 4. The van der Waals surface area contributed by atoms with Gasteiger partial charge in [-0.05, 0) is 123 Å². The van der Waals surface area contributed by atoms with Gasteiger partial charge in [0.25, 0.3) is 0 Å². The van der Waals surface area contributed by atoms with Crippen LogP contribution in [0.1, 0.15) is 50.1 Å². The first-order valence-electron chi connectivity index (χ1n) is 11.8. The van der Waals surface area contributed by atoms with E-state index in [9.17, 15) is 0 Å². The van der Waals surface area contributed by atoms with Crippen LogP contribution in [0.2, 0.25) is 0 Å². The van der Waals surface area contributed by atoms with Crippen LogP contribution in [0.3, 0.4) is 0 Å². The van der Waals surface area contributed by atoms with E-state index in [1.807, 2.05) is 12.7 Å². The molecule has 0 saturated carbocycles. The van der Waals surface area contributed by atoms with Gasteiger partial charge >= 0.3 is 0 Å². The highest BCUT2D eigenvalue weighted by Crippen LogP contribution is 2.33. The van der Waals surface area contributed by atoms with Crippen molar-refractivity contribution >= 4 is 38.0 Å². The normalized spacial score (nSPS) is 11.8. The molecular weight excluding hydrogens is 484 g/mol. The number of aromatic nitrogens is 4. The second-order valence-corrected chi connectivity index (χ2v) is 10.5. The standard InChI is InChI=1S/C29H31BrN4/c1-16-8-25-27(10-18(16)3)33(14-31-25)12-23-20(5)24(22(7)29(30)21(23)6)13-34-15-32-26-9-17(2)19(4)11-28(26)34/h8-11,14-15H,12-13H2,1-7H3. The minimum Gasteiger partial charge on any atom is -0.326 e. The summed E-state index contributed by atoms with van der Waals surface area (Å²) >= 11 is 3.92. The molecule has 0 radical (unpaired) electrons. The van der Waals surface area contributed by atoms with Crippen molar-refractivity contribution < 1.29 is 0 Å². The molecule has 0 saturated heterocycles. The first kappa shape index (κ1) is 22.9. The van der Waals surface area contributed by atoms with Crippen molar-refractivity contribution in [3.05, 3.63) is 91.5 Å². The van der Waals surface area contributed by atoms with Gasteiger partial charge in [0.1, 0.15) is 0 Å². The molecule has 0 fully saturated rings. The van der Waals surface area contributed by atoms with E-state index in [0.717, 1.165) is 24.1 Å². The molecule has 0 amide bonds. The highest BCUT2D eigenvalue weighted by Gasteiger charge is 2.18. The molecule has 0 aliphatic rings. The maximum Gasteiger partial charge on any atom is 0.0961 e. The minimum absolute atomic E-state index is 0.797. The number of halogens is 1. The number of nitrogens with zero attached hydrogens (tertiary/aromatic N) is 4. The Morgan fingerprint density at radius 2 is 0.971 bits per heavy atom. The summed E-state index contributed by atoms with van der Waals surface area (Å²) in [5, 5.41) is 0. The monoisotopic (exact) mass is 514 g/mol. The van der Waals surface area contributed by atoms with Crippen molar-refractivity contribution in [2.75, 3.05) is 0 Å². The summed E-state index contributed by atoms with van der Waals surface area (Å²) in [6.07, 6.45) is 3.95. The van der Waals surface area contributed by atoms with Crippen molar-refractivity contribution in [3.63, 3.8) is 0 Å². The van der Waals surface area contributed by atoms with Gasteiger partial charge in [-0.3, -0.25) is 0 Å². The number of hydrogen-bond donors (Lipinski definition) is 0. The molecule has 0 aliphatic carbocycles. The molecular formula is C29H31BrN4. The van der Waals surface area contributed by atoms with Gasteiger partial charge in [0.05, 0.1) is 34.7 Å². The van der Waals surface area contributed by atoms with E-state index >= 15 is 0 Å². The van der Waals surface area contributed by atoms with Gasteiger partial charge in [0, 0.05) is 17.6 Å². The fourth-order valence-corrected chi connectivity index (χ4v) is 5.46. The smallest absolute Gasteiger partial charge is 0.0961 e. The van der Waals surface area contributed by atoms with E-state index in [4.69, 9.17) is 0 Å². The van der Waals surface area contributed by atoms with Crippen LogP contribution in [0.4, 0.5) is 0 Å². The van der Waals surface area contributed by atoms with Gasteiger partial charge in [-0.1, -0.05) is 15.9 Å². The largest absolute Gasteiger partial charge is 0.326 e. The van der Waals surface area contributed by atoms with E-state index in [2.05, 4.69) is 108 Å². The quantitative estimate of drug-likeness (QED) is 0.250. The van der Waals surface area contributed by atoms with Crippen LogP contribution in [0.5, 0.6) is 0 Å². The first-order chi connectivity index (χ1) is 16.2. The molecule has 4 nitrogen and oxygen atoms in total.